The Bertz CT molecular complexity index is 458. The maximum atomic E-state index is 10.7. The average Bonchev–Trinajstić information content (AvgIpc) is 3.00. The van der Waals surface area contributed by atoms with Gasteiger partial charge in [-0.2, -0.15) is 0 Å². The van der Waals surface area contributed by atoms with Gasteiger partial charge >= 0.3 is 0 Å². The first-order valence-electron chi connectivity index (χ1n) is 5.63. The van der Waals surface area contributed by atoms with Gasteiger partial charge in [0.1, 0.15) is 0 Å². The van der Waals surface area contributed by atoms with Gasteiger partial charge in [0.15, 0.2) is 0 Å². The van der Waals surface area contributed by atoms with Gasteiger partial charge in [-0.05, 0) is 31.2 Å². The Hall–Kier alpha value is -1.29. The molecule has 1 aromatic rings. The van der Waals surface area contributed by atoms with Crippen molar-refractivity contribution in [1.29, 1.82) is 0 Å². The second-order valence-corrected chi connectivity index (χ2v) is 5.35. The molecule has 1 saturated carbocycles. The summed E-state index contributed by atoms with van der Waals surface area (Å²) in [6.07, 6.45) is 2.38. The van der Waals surface area contributed by atoms with Crippen molar-refractivity contribution in [1.82, 2.24) is 0 Å². The molecule has 1 aromatic carbocycles. The molecule has 1 N–H and O–H groups in total. The average molecular weight is 255 g/mol. The molecule has 0 amide bonds. The number of non-ortho nitro benzene ring substituents is 1. The smallest absolute Gasteiger partial charge is 0.271 e. The topological polar surface area (TPSA) is 55.2 Å². The number of rotatable bonds is 4. The van der Waals surface area contributed by atoms with Crippen LogP contribution in [0.25, 0.3) is 0 Å². The highest BCUT2D eigenvalue weighted by atomic mass is 35.5. The summed E-state index contributed by atoms with van der Waals surface area (Å²) in [5.74, 6) is 0. The van der Waals surface area contributed by atoms with Crippen molar-refractivity contribution < 1.29 is 4.92 Å². The molecular formula is C12H15ClN2O2. The Morgan fingerprint density at radius 2 is 2.18 bits per heavy atom. The summed E-state index contributed by atoms with van der Waals surface area (Å²) >= 11 is 6.03. The lowest BCUT2D eigenvalue weighted by molar-refractivity contribution is -0.384. The van der Waals surface area contributed by atoms with Crippen molar-refractivity contribution in [3.05, 3.63) is 33.3 Å². The Balaban J connectivity index is 2.19. The molecule has 2 rings (SSSR count). The number of nitro groups is 1. The van der Waals surface area contributed by atoms with E-state index in [1.807, 2.05) is 0 Å². The molecule has 1 unspecified atom stereocenters. The number of anilines is 1. The molecule has 0 aromatic heterocycles. The van der Waals surface area contributed by atoms with Gasteiger partial charge in [0, 0.05) is 18.2 Å². The zero-order chi connectivity index (χ0) is 12.6. The van der Waals surface area contributed by atoms with E-state index in [4.69, 9.17) is 11.6 Å². The number of nitrogens with zero attached hydrogens (tertiary/aromatic N) is 1. The van der Waals surface area contributed by atoms with E-state index in [1.165, 1.54) is 25.0 Å². The van der Waals surface area contributed by atoms with E-state index in [2.05, 4.69) is 19.2 Å². The van der Waals surface area contributed by atoms with Gasteiger partial charge in [0.05, 0.1) is 15.6 Å². The lowest BCUT2D eigenvalue weighted by Gasteiger charge is -2.22. The zero-order valence-corrected chi connectivity index (χ0v) is 10.6. The summed E-state index contributed by atoms with van der Waals surface area (Å²) < 4.78 is 0. The Labute approximate surface area is 105 Å². The predicted octanol–water partition coefficient (Wildman–Crippen LogP) is 3.85. The van der Waals surface area contributed by atoms with E-state index in [0.29, 0.717) is 16.1 Å². The summed E-state index contributed by atoms with van der Waals surface area (Å²) in [5.41, 5.74) is 1.00. The van der Waals surface area contributed by atoms with Crippen LogP contribution in [0.15, 0.2) is 18.2 Å². The highest BCUT2D eigenvalue weighted by Gasteiger charge is 2.42. The SMILES string of the molecule is CC(Nc1cc([N+](=O)[O-])ccc1Cl)C1(C)CC1. The summed E-state index contributed by atoms with van der Waals surface area (Å²) in [7, 11) is 0. The van der Waals surface area contributed by atoms with E-state index < -0.39 is 4.92 Å². The highest BCUT2D eigenvalue weighted by molar-refractivity contribution is 6.33. The molecule has 1 atom stereocenters. The van der Waals surface area contributed by atoms with Gasteiger partial charge in [-0.25, -0.2) is 0 Å². The van der Waals surface area contributed by atoms with Crippen LogP contribution in [0.2, 0.25) is 5.02 Å². The molecule has 0 bridgehead atoms. The highest BCUT2D eigenvalue weighted by Crippen LogP contribution is 2.49. The molecule has 0 radical (unpaired) electrons. The van der Waals surface area contributed by atoms with E-state index in [9.17, 15) is 10.1 Å². The summed E-state index contributed by atoms with van der Waals surface area (Å²) in [6, 6.07) is 4.73. The lowest BCUT2D eigenvalue weighted by Crippen LogP contribution is -2.25. The number of hydrogen-bond acceptors (Lipinski definition) is 3. The van der Waals surface area contributed by atoms with Crippen LogP contribution in [0.1, 0.15) is 26.7 Å². The van der Waals surface area contributed by atoms with Gasteiger partial charge in [-0.15, -0.1) is 0 Å². The summed E-state index contributed by atoms with van der Waals surface area (Å²) in [5, 5.41) is 14.5. The second kappa shape index (κ2) is 4.18. The Kier molecular flexibility index (Phi) is 3.00. The number of halogens is 1. The number of nitro benzene ring substituents is 1. The van der Waals surface area contributed by atoms with E-state index in [0.717, 1.165) is 0 Å². The molecular weight excluding hydrogens is 240 g/mol. The van der Waals surface area contributed by atoms with Crippen molar-refractivity contribution in [2.24, 2.45) is 5.41 Å². The van der Waals surface area contributed by atoms with Crippen LogP contribution >= 0.6 is 11.6 Å². The van der Waals surface area contributed by atoms with Crippen LogP contribution in [0, 0.1) is 15.5 Å². The molecule has 1 aliphatic carbocycles. The Morgan fingerprint density at radius 3 is 2.71 bits per heavy atom. The van der Waals surface area contributed by atoms with Crippen molar-refractivity contribution in [2.45, 2.75) is 32.7 Å². The fourth-order valence-corrected chi connectivity index (χ4v) is 1.95. The van der Waals surface area contributed by atoms with Gasteiger partial charge < -0.3 is 5.32 Å². The molecule has 92 valence electrons. The third-order valence-electron chi connectivity index (χ3n) is 3.62. The monoisotopic (exact) mass is 254 g/mol. The van der Waals surface area contributed by atoms with Crippen LogP contribution in [-0.4, -0.2) is 11.0 Å². The van der Waals surface area contributed by atoms with Crippen LogP contribution < -0.4 is 5.32 Å². The second-order valence-electron chi connectivity index (χ2n) is 4.94. The van der Waals surface area contributed by atoms with Crippen LogP contribution in [0.3, 0.4) is 0 Å². The number of nitrogens with one attached hydrogen (secondary N) is 1. The first-order valence-corrected chi connectivity index (χ1v) is 6.01. The van der Waals surface area contributed by atoms with Crippen molar-refractivity contribution in [2.75, 3.05) is 5.32 Å². The number of benzene rings is 1. The zero-order valence-electron chi connectivity index (χ0n) is 9.87. The van der Waals surface area contributed by atoms with Gasteiger partial charge in [0.25, 0.3) is 5.69 Å². The van der Waals surface area contributed by atoms with Gasteiger partial charge in [0.2, 0.25) is 0 Å². The van der Waals surface area contributed by atoms with Crippen molar-refractivity contribution >= 4 is 23.0 Å². The van der Waals surface area contributed by atoms with Crippen molar-refractivity contribution in [3.8, 4) is 0 Å². The van der Waals surface area contributed by atoms with Crippen LogP contribution in [0.4, 0.5) is 11.4 Å². The predicted molar refractivity (Wildman–Crippen MR) is 68.5 cm³/mol. The summed E-state index contributed by atoms with van der Waals surface area (Å²) in [4.78, 5) is 10.3. The minimum atomic E-state index is -0.412. The fraction of sp³-hybridized carbons (Fsp3) is 0.500. The first-order chi connectivity index (χ1) is 7.92. The van der Waals surface area contributed by atoms with Crippen LogP contribution in [-0.2, 0) is 0 Å². The molecule has 17 heavy (non-hydrogen) atoms. The molecule has 4 nitrogen and oxygen atoms in total. The van der Waals surface area contributed by atoms with E-state index >= 15 is 0 Å². The third-order valence-corrected chi connectivity index (χ3v) is 3.95. The van der Waals surface area contributed by atoms with Crippen LogP contribution in [0.5, 0.6) is 0 Å². The van der Waals surface area contributed by atoms with E-state index in [-0.39, 0.29) is 11.7 Å². The molecule has 0 saturated heterocycles. The minimum absolute atomic E-state index is 0.0602. The maximum absolute atomic E-state index is 10.7. The summed E-state index contributed by atoms with van der Waals surface area (Å²) in [6.45, 7) is 4.29. The van der Waals surface area contributed by atoms with E-state index in [1.54, 1.807) is 6.07 Å². The minimum Gasteiger partial charge on any atom is -0.381 e. The largest absolute Gasteiger partial charge is 0.381 e. The molecule has 5 heteroatoms. The van der Waals surface area contributed by atoms with Crippen molar-refractivity contribution in [3.63, 3.8) is 0 Å². The number of hydrogen-bond donors (Lipinski definition) is 1. The standard InChI is InChI=1S/C12H15ClN2O2/c1-8(12(2)5-6-12)14-11-7-9(15(16)17)3-4-10(11)13/h3-4,7-8,14H,5-6H2,1-2H3. The molecule has 0 heterocycles. The first kappa shape index (κ1) is 12.2. The molecule has 0 aliphatic heterocycles. The maximum Gasteiger partial charge on any atom is 0.271 e. The van der Waals surface area contributed by atoms with Gasteiger partial charge in [-0.3, -0.25) is 10.1 Å². The fourth-order valence-electron chi connectivity index (χ4n) is 1.78. The quantitative estimate of drug-likeness (QED) is 0.656. The van der Waals surface area contributed by atoms with Gasteiger partial charge in [-0.1, -0.05) is 18.5 Å². The normalized spacial score (nSPS) is 18.5. The molecule has 1 fully saturated rings. The third kappa shape index (κ3) is 2.52. The molecule has 1 aliphatic rings. The lowest BCUT2D eigenvalue weighted by atomic mass is 10.0. The molecule has 0 spiro atoms. The Morgan fingerprint density at radius 1 is 1.53 bits per heavy atom.